The van der Waals surface area contributed by atoms with E-state index in [1.807, 2.05) is 32.0 Å². The fourth-order valence-corrected chi connectivity index (χ4v) is 2.04. The summed E-state index contributed by atoms with van der Waals surface area (Å²) >= 11 is 3.52. The fourth-order valence-electron chi connectivity index (χ4n) is 1.63. The van der Waals surface area contributed by atoms with E-state index in [1.54, 1.807) is 7.11 Å². The number of ether oxygens (including phenoxy) is 2. The molecule has 0 spiro atoms. The van der Waals surface area contributed by atoms with Gasteiger partial charge in [-0.3, -0.25) is 0 Å². The lowest BCUT2D eigenvalue weighted by molar-refractivity contribution is 0.0920. The van der Waals surface area contributed by atoms with E-state index in [9.17, 15) is 0 Å². The molecule has 0 saturated carbocycles. The Bertz CT molecular complexity index is 355. The molecule has 0 aromatic heterocycles. The van der Waals surface area contributed by atoms with E-state index < -0.39 is 0 Å². The van der Waals surface area contributed by atoms with Crippen LogP contribution in [0.5, 0.6) is 5.75 Å². The third kappa shape index (κ3) is 5.06. The Balaban J connectivity index is 2.74. The zero-order chi connectivity index (χ0) is 12.8. The van der Waals surface area contributed by atoms with Crippen LogP contribution in [0.25, 0.3) is 0 Å². The second-order valence-corrected chi connectivity index (χ2v) is 5.17. The van der Waals surface area contributed by atoms with Gasteiger partial charge in [0.25, 0.3) is 0 Å². The van der Waals surface area contributed by atoms with Crippen molar-refractivity contribution in [2.75, 3.05) is 13.7 Å². The van der Waals surface area contributed by atoms with Gasteiger partial charge in [0, 0.05) is 17.6 Å². The molecule has 0 aliphatic heterocycles. The normalized spacial score (nSPS) is 14.4. The smallest absolute Gasteiger partial charge is 0.120 e. The van der Waals surface area contributed by atoms with Gasteiger partial charge in [-0.1, -0.05) is 15.9 Å². The summed E-state index contributed by atoms with van der Waals surface area (Å²) in [6.45, 7) is 4.56. The first kappa shape index (κ1) is 14.5. The van der Waals surface area contributed by atoms with Crippen LogP contribution in [0.4, 0.5) is 0 Å². The Morgan fingerprint density at radius 3 is 2.65 bits per heavy atom. The van der Waals surface area contributed by atoms with Crippen molar-refractivity contribution in [3.63, 3.8) is 0 Å². The summed E-state index contributed by atoms with van der Waals surface area (Å²) in [5.41, 5.74) is 6.98. The third-order valence-corrected chi connectivity index (χ3v) is 3.07. The molecule has 0 amide bonds. The summed E-state index contributed by atoms with van der Waals surface area (Å²) in [7, 11) is 1.67. The highest BCUT2D eigenvalue weighted by molar-refractivity contribution is 9.10. The predicted octanol–water partition coefficient (Wildman–Crippen LogP) is 2.75. The molecule has 0 aliphatic carbocycles. The van der Waals surface area contributed by atoms with Crippen LogP contribution in [0.3, 0.4) is 0 Å². The molecule has 0 heterocycles. The molecule has 0 aliphatic rings. The Labute approximate surface area is 111 Å². The van der Waals surface area contributed by atoms with Gasteiger partial charge in [0.2, 0.25) is 0 Å². The summed E-state index contributed by atoms with van der Waals surface area (Å²) in [5, 5.41) is 0. The van der Waals surface area contributed by atoms with Gasteiger partial charge >= 0.3 is 0 Å². The predicted molar refractivity (Wildman–Crippen MR) is 73.5 cm³/mol. The van der Waals surface area contributed by atoms with Crippen molar-refractivity contribution in [2.45, 2.75) is 32.4 Å². The largest absolute Gasteiger partial charge is 0.488 e. The van der Waals surface area contributed by atoms with Crippen LogP contribution in [0.2, 0.25) is 0 Å². The van der Waals surface area contributed by atoms with Crippen LogP contribution in [-0.4, -0.2) is 25.9 Å². The summed E-state index contributed by atoms with van der Waals surface area (Å²) in [6, 6.07) is 6.10. The lowest BCUT2D eigenvalue weighted by Gasteiger charge is -2.15. The van der Waals surface area contributed by atoms with E-state index in [2.05, 4.69) is 15.9 Å². The summed E-state index contributed by atoms with van der Waals surface area (Å²) < 4.78 is 11.9. The SMILES string of the molecule is COCC(C)Oc1ccc(Br)c(CC(C)N)c1. The van der Waals surface area contributed by atoms with Crippen molar-refractivity contribution in [3.05, 3.63) is 28.2 Å². The maximum atomic E-state index is 5.81. The Morgan fingerprint density at radius 1 is 1.35 bits per heavy atom. The van der Waals surface area contributed by atoms with E-state index in [0.717, 1.165) is 16.6 Å². The third-order valence-electron chi connectivity index (χ3n) is 2.30. The number of hydrogen-bond acceptors (Lipinski definition) is 3. The highest BCUT2D eigenvalue weighted by Crippen LogP contribution is 2.24. The van der Waals surface area contributed by atoms with Crippen molar-refractivity contribution in [1.82, 2.24) is 0 Å². The quantitative estimate of drug-likeness (QED) is 0.879. The van der Waals surface area contributed by atoms with Crippen LogP contribution in [0.1, 0.15) is 19.4 Å². The molecule has 0 saturated heterocycles. The molecule has 4 heteroatoms. The summed E-state index contributed by atoms with van der Waals surface area (Å²) in [6.07, 6.45) is 0.875. The number of halogens is 1. The lowest BCUT2D eigenvalue weighted by Crippen LogP contribution is -2.19. The van der Waals surface area contributed by atoms with Gasteiger partial charge in [-0.05, 0) is 44.0 Å². The molecule has 2 N–H and O–H groups in total. The van der Waals surface area contributed by atoms with E-state index in [1.165, 1.54) is 5.56 Å². The Morgan fingerprint density at radius 2 is 2.06 bits per heavy atom. The second-order valence-electron chi connectivity index (χ2n) is 4.32. The molecule has 17 heavy (non-hydrogen) atoms. The standard InChI is InChI=1S/C13H20BrNO2/c1-9(15)6-11-7-12(4-5-13(11)14)17-10(2)8-16-3/h4-5,7,9-10H,6,8,15H2,1-3H3. The average Bonchev–Trinajstić information content (AvgIpc) is 2.22. The molecule has 1 rings (SSSR count). The number of methoxy groups -OCH3 is 1. The molecule has 0 fully saturated rings. The second kappa shape index (κ2) is 6.99. The minimum Gasteiger partial charge on any atom is -0.488 e. The molecule has 0 radical (unpaired) electrons. The maximum Gasteiger partial charge on any atom is 0.120 e. The number of rotatable bonds is 6. The topological polar surface area (TPSA) is 44.5 Å². The van der Waals surface area contributed by atoms with Gasteiger partial charge < -0.3 is 15.2 Å². The van der Waals surface area contributed by atoms with Crippen LogP contribution in [0, 0.1) is 0 Å². The first-order valence-corrected chi connectivity index (χ1v) is 6.51. The summed E-state index contributed by atoms with van der Waals surface area (Å²) in [4.78, 5) is 0. The van der Waals surface area contributed by atoms with Gasteiger partial charge in [0.15, 0.2) is 0 Å². The highest BCUT2D eigenvalue weighted by atomic mass is 79.9. The first-order valence-electron chi connectivity index (χ1n) is 5.72. The monoisotopic (exact) mass is 301 g/mol. The van der Waals surface area contributed by atoms with E-state index >= 15 is 0 Å². The molecular formula is C13H20BrNO2. The number of nitrogens with two attached hydrogens (primary N) is 1. The number of hydrogen-bond donors (Lipinski definition) is 1. The first-order chi connectivity index (χ1) is 8.02. The lowest BCUT2D eigenvalue weighted by atomic mass is 10.1. The molecule has 0 bridgehead atoms. The van der Waals surface area contributed by atoms with Crippen molar-refractivity contribution in [3.8, 4) is 5.75 Å². The number of benzene rings is 1. The van der Waals surface area contributed by atoms with Crippen molar-refractivity contribution in [1.29, 1.82) is 0 Å². The zero-order valence-corrected chi connectivity index (χ0v) is 12.2. The molecule has 2 atom stereocenters. The van der Waals surface area contributed by atoms with Gasteiger partial charge in [-0.25, -0.2) is 0 Å². The molecule has 1 aromatic rings. The average molecular weight is 302 g/mol. The van der Waals surface area contributed by atoms with E-state index in [0.29, 0.717) is 6.61 Å². The van der Waals surface area contributed by atoms with Crippen molar-refractivity contribution >= 4 is 15.9 Å². The molecular weight excluding hydrogens is 282 g/mol. The van der Waals surface area contributed by atoms with Crippen LogP contribution < -0.4 is 10.5 Å². The highest BCUT2D eigenvalue weighted by Gasteiger charge is 2.08. The van der Waals surface area contributed by atoms with Crippen LogP contribution in [-0.2, 0) is 11.2 Å². The minimum atomic E-state index is 0.0457. The van der Waals surface area contributed by atoms with Gasteiger partial charge in [-0.2, -0.15) is 0 Å². The minimum absolute atomic E-state index is 0.0457. The van der Waals surface area contributed by atoms with Gasteiger partial charge in [-0.15, -0.1) is 0 Å². The van der Waals surface area contributed by atoms with Crippen LogP contribution in [0.15, 0.2) is 22.7 Å². The van der Waals surface area contributed by atoms with Crippen molar-refractivity contribution < 1.29 is 9.47 Å². The molecule has 3 nitrogen and oxygen atoms in total. The Kier molecular flexibility index (Phi) is 5.95. The maximum absolute atomic E-state index is 5.81. The van der Waals surface area contributed by atoms with Crippen molar-refractivity contribution in [2.24, 2.45) is 5.73 Å². The summed E-state index contributed by atoms with van der Waals surface area (Å²) in [5.74, 6) is 0.855. The molecule has 1 aromatic carbocycles. The Hall–Kier alpha value is -0.580. The van der Waals surface area contributed by atoms with E-state index in [-0.39, 0.29) is 12.1 Å². The molecule has 96 valence electrons. The fraction of sp³-hybridized carbons (Fsp3) is 0.538. The van der Waals surface area contributed by atoms with E-state index in [4.69, 9.17) is 15.2 Å². The molecule has 2 unspecified atom stereocenters. The zero-order valence-electron chi connectivity index (χ0n) is 10.6. The van der Waals surface area contributed by atoms with Crippen LogP contribution >= 0.6 is 15.9 Å². The van der Waals surface area contributed by atoms with Gasteiger partial charge in [0.05, 0.1) is 6.61 Å². The van der Waals surface area contributed by atoms with Gasteiger partial charge in [0.1, 0.15) is 11.9 Å².